The summed E-state index contributed by atoms with van der Waals surface area (Å²) in [6.45, 7) is 0. The zero-order valence-corrected chi connectivity index (χ0v) is 7.44. The SMILES string of the molecule is FC(F)(F)c1cn[nH]n1.c1ccncc1. The molecule has 0 unspecified atom stereocenters. The van der Waals surface area contributed by atoms with Crippen molar-refractivity contribution in [3.05, 3.63) is 42.5 Å². The molecule has 0 fully saturated rings. The van der Waals surface area contributed by atoms with Crippen LogP contribution in [0.25, 0.3) is 0 Å². The van der Waals surface area contributed by atoms with Crippen LogP contribution in [0.2, 0.25) is 0 Å². The second-order valence-electron chi connectivity index (χ2n) is 2.38. The van der Waals surface area contributed by atoms with E-state index in [9.17, 15) is 13.2 Å². The number of rotatable bonds is 0. The largest absolute Gasteiger partial charge is 0.436 e. The third-order valence-electron chi connectivity index (χ3n) is 1.27. The molecule has 1 N–H and O–H groups in total. The van der Waals surface area contributed by atoms with E-state index >= 15 is 0 Å². The van der Waals surface area contributed by atoms with Crippen molar-refractivity contribution in [2.75, 3.05) is 0 Å². The Morgan fingerprint density at radius 2 is 1.73 bits per heavy atom. The maximum absolute atomic E-state index is 11.5. The molecule has 0 bridgehead atoms. The molecule has 0 radical (unpaired) electrons. The van der Waals surface area contributed by atoms with E-state index in [0.29, 0.717) is 6.20 Å². The summed E-state index contributed by atoms with van der Waals surface area (Å²) in [5.74, 6) is 0. The number of aromatic amines is 1. The molecule has 4 nitrogen and oxygen atoms in total. The topological polar surface area (TPSA) is 54.5 Å². The Hall–Kier alpha value is -1.92. The van der Waals surface area contributed by atoms with E-state index in [-0.39, 0.29) is 0 Å². The molecule has 2 aromatic heterocycles. The number of nitrogens with zero attached hydrogens (tertiary/aromatic N) is 3. The van der Waals surface area contributed by atoms with Crippen LogP contribution >= 0.6 is 0 Å². The Morgan fingerprint density at radius 3 is 1.93 bits per heavy atom. The van der Waals surface area contributed by atoms with Gasteiger partial charge in [-0.05, 0) is 12.1 Å². The van der Waals surface area contributed by atoms with Crippen molar-refractivity contribution in [3.8, 4) is 0 Å². The van der Waals surface area contributed by atoms with Crippen molar-refractivity contribution in [2.45, 2.75) is 6.18 Å². The molecule has 0 aromatic carbocycles. The number of hydrogen-bond donors (Lipinski definition) is 1. The number of nitrogens with one attached hydrogen (secondary N) is 1. The van der Waals surface area contributed by atoms with Crippen molar-refractivity contribution in [3.63, 3.8) is 0 Å². The van der Waals surface area contributed by atoms with Gasteiger partial charge in [0.15, 0.2) is 5.69 Å². The number of hydrogen-bond acceptors (Lipinski definition) is 3. The smallest absolute Gasteiger partial charge is 0.265 e. The van der Waals surface area contributed by atoms with E-state index in [4.69, 9.17) is 0 Å². The van der Waals surface area contributed by atoms with Gasteiger partial charge < -0.3 is 0 Å². The predicted molar refractivity (Wildman–Crippen MR) is 45.6 cm³/mol. The van der Waals surface area contributed by atoms with Crippen LogP contribution in [0, 0.1) is 0 Å². The number of aromatic nitrogens is 4. The molecule has 0 saturated heterocycles. The van der Waals surface area contributed by atoms with E-state index < -0.39 is 11.9 Å². The van der Waals surface area contributed by atoms with E-state index in [1.807, 2.05) is 23.4 Å². The molecule has 2 heterocycles. The van der Waals surface area contributed by atoms with Gasteiger partial charge in [0.25, 0.3) is 0 Å². The molecule has 0 spiro atoms. The molecule has 0 aliphatic rings. The number of pyridine rings is 1. The van der Waals surface area contributed by atoms with E-state index in [1.165, 1.54) is 0 Å². The highest BCUT2D eigenvalue weighted by molar-refractivity contribution is 4.95. The maximum atomic E-state index is 11.5. The maximum Gasteiger partial charge on any atom is 0.436 e. The Labute approximate surface area is 83.2 Å². The molecule has 80 valence electrons. The van der Waals surface area contributed by atoms with Gasteiger partial charge >= 0.3 is 6.18 Å². The first-order valence-electron chi connectivity index (χ1n) is 3.88. The van der Waals surface area contributed by atoms with Crippen molar-refractivity contribution in [1.29, 1.82) is 0 Å². The quantitative estimate of drug-likeness (QED) is 0.731. The van der Waals surface area contributed by atoms with Crippen molar-refractivity contribution >= 4 is 0 Å². The Bertz CT molecular complexity index is 330. The van der Waals surface area contributed by atoms with E-state index in [1.54, 1.807) is 12.4 Å². The lowest BCUT2D eigenvalue weighted by molar-refractivity contribution is -0.141. The summed E-state index contributed by atoms with van der Waals surface area (Å²) in [6.07, 6.45) is -0.257. The minimum Gasteiger partial charge on any atom is -0.265 e. The highest BCUT2D eigenvalue weighted by atomic mass is 19.4. The van der Waals surface area contributed by atoms with Gasteiger partial charge in [-0.3, -0.25) is 4.98 Å². The normalized spacial score (nSPS) is 10.3. The van der Waals surface area contributed by atoms with Gasteiger partial charge in [0.1, 0.15) is 0 Å². The van der Waals surface area contributed by atoms with Gasteiger partial charge in [-0.2, -0.15) is 28.6 Å². The van der Waals surface area contributed by atoms with Crippen LogP contribution in [0.15, 0.2) is 36.8 Å². The Balaban J connectivity index is 0.000000162. The lowest BCUT2D eigenvalue weighted by atomic mass is 10.5. The summed E-state index contributed by atoms with van der Waals surface area (Å²) in [5.41, 5.74) is -0.998. The summed E-state index contributed by atoms with van der Waals surface area (Å²) >= 11 is 0. The second-order valence-corrected chi connectivity index (χ2v) is 2.38. The zero-order valence-electron chi connectivity index (χ0n) is 7.44. The first-order valence-corrected chi connectivity index (χ1v) is 3.88. The van der Waals surface area contributed by atoms with Gasteiger partial charge in [-0.25, -0.2) is 0 Å². The minimum atomic E-state index is -4.38. The Morgan fingerprint density at radius 1 is 1.07 bits per heavy atom. The summed E-state index contributed by atoms with van der Waals surface area (Å²) in [5, 5.41) is 7.68. The van der Waals surface area contributed by atoms with Gasteiger partial charge in [0.2, 0.25) is 0 Å². The van der Waals surface area contributed by atoms with Crippen LogP contribution in [-0.2, 0) is 6.18 Å². The molecule has 15 heavy (non-hydrogen) atoms. The van der Waals surface area contributed by atoms with Crippen molar-refractivity contribution < 1.29 is 13.2 Å². The predicted octanol–water partition coefficient (Wildman–Crippen LogP) is 1.91. The van der Waals surface area contributed by atoms with Crippen LogP contribution < -0.4 is 0 Å². The van der Waals surface area contributed by atoms with Gasteiger partial charge in [-0.1, -0.05) is 6.07 Å². The molecule has 2 aromatic rings. The fraction of sp³-hybridized carbons (Fsp3) is 0.125. The standard InChI is InChI=1S/C5H5N.C3H2F3N3/c1-2-4-6-5-3-1;4-3(5,6)2-1-7-9-8-2/h1-5H;1H,(H,7,8,9). The summed E-state index contributed by atoms with van der Waals surface area (Å²) in [4.78, 5) is 3.78. The second kappa shape index (κ2) is 5.08. The lowest BCUT2D eigenvalue weighted by Gasteiger charge is -1.97. The molecule has 0 atom stereocenters. The molecule has 0 aliphatic heterocycles. The average Bonchev–Trinajstić information content (AvgIpc) is 2.73. The third-order valence-corrected chi connectivity index (χ3v) is 1.27. The van der Waals surface area contributed by atoms with Crippen LogP contribution in [0.4, 0.5) is 13.2 Å². The number of halogens is 3. The van der Waals surface area contributed by atoms with Crippen molar-refractivity contribution in [2.24, 2.45) is 0 Å². The number of alkyl halides is 3. The molecular formula is C8H7F3N4. The molecule has 0 saturated carbocycles. The van der Waals surface area contributed by atoms with Crippen molar-refractivity contribution in [1.82, 2.24) is 20.4 Å². The van der Waals surface area contributed by atoms with Crippen LogP contribution in [0.5, 0.6) is 0 Å². The molecular weight excluding hydrogens is 209 g/mol. The number of H-pyrrole nitrogens is 1. The summed E-state index contributed by atoms with van der Waals surface area (Å²) < 4.78 is 34.5. The molecule has 2 rings (SSSR count). The fourth-order valence-corrected chi connectivity index (χ4v) is 0.651. The lowest BCUT2D eigenvalue weighted by Crippen LogP contribution is -2.04. The molecule has 0 aliphatic carbocycles. The molecule has 0 amide bonds. The Kier molecular flexibility index (Phi) is 3.78. The summed E-state index contributed by atoms with van der Waals surface area (Å²) in [7, 11) is 0. The first-order chi connectivity index (χ1) is 7.11. The zero-order chi connectivity index (χ0) is 11.1. The fourth-order valence-electron chi connectivity index (χ4n) is 0.651. The minimum absolute atomic E-state index is 0.625. The third kappa shape index (κ3) is 4.21. The highest BCUT2D eigenvalue weighted by Gasteiger charge is 2.33. The van der Waals surface area contributed by atoms with Gasteiger partial charge in [0.05, 0.1) is 6.20 Å². The van der Waals surface area contributed by atoms with Gasteiger partial charge in [0, 0.05) is 12.4 Å². The van der Waals surface area contributed by atoms with Crippen LogP contribution in [-0.4, -0.2) is 20.4 Å². The van der Waals surface area contributed by atoms with E-state index in [0.717, 1.165) is 0 Å². The van der Waals surface area contributed by atoms with Crippen LogP contribution in [0.3, 0.4) is 0 Å². The van der Waals surface area contributed by atoms with Crippen LogP contribution in [0.1, 0.15) is 5.69 Å². The summed E-state index contributed by atoms with van der Waals surface area (Å²) in [6, 6.07) is 5.72. The van der Waals surface area contributed by atoms with E-state index in [2.05, 4.69) is 15.2 Å². The highest BCUT2D eigenvalue weighted by Crippen LogP contribution is 2.25. The monoisotopic (exact) mass is 216 g/mol. The van der Waals surface area contributed by atoms with Gasteiger partial charge in [-0.15, -0.1) is 0 Å². The average molecular weight is 216 g/mol. The molecule has 7 heteroatoms. The first kappa shape index (κ1) is 11.2.